The monoisotopic (exact) mass is 807 g/mol. The van der Waals surface area contributed by atoms with Crippen LogP contribution >= 0.6 is 0 Å². The molecule has 58 heavy (non-hydrogen) atoms. The van der Waals surface area contributed by atoms with Gasteiger partial charge < -0.3 is 14.2 Å². The van der Waals surface area contributed by atoms with E-state index >= 15 is 0 Å². The van der Waals surface area contributed by atoms with Gasteiger partial charge in [0.1, 0.15) is 13.2 Å². The fourth-order valence-electron chi connectivity index (χ4n) is 6.18. The molecule has 1 unspecified atom stereocenters. The second-order valence-electron chi connectivity index (χ2n) is 15.2. The van der Waals surface area contributed by atoms with Crippen LogP contribution in [0.3, 0.4) is 0 Å². The van der Waals surface area contributed by atoms with Crippen LogP contribution in [-0.2, 0) is 28.6 Å². The fourth-order valence-corrected chi connectivity index (χ4v) is 6.18. The van der Waals surface area contributed by atoms with Crippen LogP contribution in [-0.4, -0.2) is 37.2 Å². The molecule has 1 atom stereocenters. The molecule has 0 aliphatic rings. The highest BCUT2D eigenvalue weighted by Crippen LogP contribution is 2.13. The van der Waals surface area contributed by atoms with Gasteiger partial charge in [-0.3, -0.25) is 14.4 Å². The zero-order chi connectivity index (χ0) is 42.3. The van der Waals surface area contributed by atoms with Crippen LogP contribution in [0.5, 0.6) is 0 Å². The van der Waals surface area contributed by atoms with Crippen LogP contribution in [0.25, 0.3) is 0 Å². The maximum atomic E-state index is 12.7. The second kappa shape index (κ2) is 46.3. The first kappa shape index (κ1) is 54.6. The number of ether oxygens (including phenoxy) is 3. The highest BCUT2D eigenvalue weighted by atomic mass is 16.6. The smallest absolute Gasteiger partial charge is 0.306 e. The number of hydrogen-bond donors (Lipinski definition) is 0. The summed E-state index contributed by atoms with van der Waals surface area (Å²) in [5.41, 5.74) is 0. The SMILES string of the molecule is CC/C=C\C/C=C\C/C=C\CCCCC(=O)OCC(COC(=O)CCCCCCCCC/C=C\C/C=C\CC)OC(=O)CCCCCCCCC/C=C\C/C=C\CC. The number of unbranched alkanes of at least 4 members (excludes halogenated alkanes) is 16. The topological polar surface area (TPSA) is 78.9 Å². The summed E-state index contributed by atoms with van der Waals surface area (Å²) >= 11 is 0. The molecule has 0 fully saturated rings. The van der Waals surface area contributed by atoms with Crippen molar-refractivity contribution in [2.24, 2.45) is 0 Å². The summed E-state index contributed by atoms with van der Waals surface area (Å²) in [4.78, 5) is 37.8. The average molecular weight is 807 g/mol. The second-order valence-corrected chi connectivity index (χ2v) is 15.2. The van der Waals surface area contributed by atoms with Crippen molar-refractivity contribution in [3.63, 3.8) is 0 Å². The van der Waals surface area contributed by atoms with E-state index in [2.05, 4.69) is 106 Å². The van der Waals surface area contributed by atoms with Crippen molar-refractivity contribution in [2.75, 3.05) is 13.2 Å². The van der Waals surface area contributed by atoms with E-state index in [1.54, 1.807) is 0 Å². The zero-order valence-electron chi connectivity index (χ0n) is 37.5. The highest BCUT2D eigenvalue weighted by Gasteiger charge is 2.19. The molecule has 0 N–H and O–H groups in total. The van der Waals surface area contributed by atoms with Gasteiger partial charge in [0.05, 0.1) is 0 Å². The molecule has 0 aliphatic carbocycles. The zero-order valence-corrected chi connectivity index (χ0v) is 37.5. The predicted octanol–water partition coefficient (Wildman–Crippen LogP) is 15.3. The van der Waals surface area contributed by atoms with Gasteiger partial charge >= 0.3 is 17.9 Å². The van der Waals surface area contributed by atoms with E-state index in [4.69, 9.17) is 14.2 Å². The van der Waals surface area contributed by atoms with Crippen LogP contribution in [0.2, 0.25) is 0 Å². The van der Waals surface area contributed by atoms with Crippen LogP contribution in [0.1, 0.15) is 207 Å². The number of carbonyl (C=O) groups excluding carboxylic acids is 3. The van der Waals surface area contributed by atoms with E-state index in [0.29, 0.717) is 19.3 Å². The Morgan fingerprint density at radius 3 is 1.00 bits per heavy atom. The molecule has 0 spiro atoms. The lowest BCUT2D eigenvalue weighted by Gasteiger charge is -2.18. The molecular weight excluding hydrogens is 721 g/mol. The predicted molar refractivity (Wildman–Crippen MR) is 247 cm³/mol. The van der Waals surface area contributed by atoms with Gasteiger partial charge in [0.25, 0.3) is 0 Å². The summed E-state index contributed by atoms with van der Waals surface area (Å²) in [7, 11) is 0. The lowest BCUT2D eigenvalue weighted by molar-refractivity contribution is -0.167. The van der Waals surface area contributed by atoms with Crippen LogP contribution < -0.4 is 0 Å². The van der Waals surface area contributed by atoms with Gasteiger partial charge in [-0.05, 0) is 103 Å². The number of hydrogen-bond acceptors (Lipinski definition) is 6. The quantitative estimate of drug-likeness (QED) is 0.0265. The Hall–Kier alpha value is -3.41. The third kappa shape index (κ3) is 43.7. The van der Waals surface area contributed by atoms with Crippen molar-refractivity contribution in [3.8, 4) is 0 Å². The summed E-state index contributed by atoms with van der Waals surface area (Å²) < 4.78 is 16.7. The number of rotatable bonds is 41. The van der Waals surface area contributed by atoms with E-state index in [0.717, 1.165) is 116 Å². The van der Waals surface area contributed by atoms with Crippen molar-refractivity contribution >= 4 is 17.9 Å². The van der Waals surface area contributed by atoms with Gasteiger partial charge in [-0.15, -0.1) is 0 Å². The molecule has 0 saturated heterocycles. The molecule has 6 heteroatoms. The summed E-state index contributed by atoms with van der Waals surface area (Å²) in [6, 6.07) is 0. The molecule has 0 bridgehead atoms. The number of allylic oxidation sites excluding steroid dienone is 14. The summed E-state index contributed by atoms with van der Waals surface area (Å²) in [6.45, 7) is 6.24. The molecule has 0 aliphatic heterocycles. The molecular formula is C52H86O6. The summed E-state index contributed by atoms with van der Waals surface area (Å²) in [6.07, 6.45) is 58.5. The Kier molecular flexibility index (Phi) is 43.6. The Balaban J connectivity index is 4.46. The van der Waals surface area contributed by atoms with Crippen LogP contribution in [0.15, 0.2) is 85.1 Å². The summed E-state index contributed by atoms with van der Waals surface area (Å²) in [5, 5.41) is 0. The van der Waals surface area contributed by atoms with Gasteiger partial charge in [0, 0.05) is 19.3 Å². The molecule has 0 aromatic heterocycles. The van der Waals surface area contributed by atoms with Crippen LogP contribution in [0.4, 0.5) is 0 Å². The van der Waals surface area contributed by atoms with E-state index < -0.39 is 6.10 Å². The Bertz CT molecular complexity index is 1160. The first-order valence-electron chi connectivity index (χ1n) is 23.6. The lowest BCUT2D eigenvalue weighted by atomic mass is 10.1. The molecule has 0 saturated carbocycles. The minimum absolute atomic E-state index is 0.0973. The van der Waals surface area contributed by atoms with Crippen molar-refractivity contribution < 1.29 is 28.6 Å². The molecule has 6 nitrogen and oxygen atoms in total. The molecule has 0 rings (SSSR count). The fraction of sp³-hybridized carbons (Fsp3) is 0.673. The Morgan fingerprint density at radius 1 is 0.345 bits per heavy atom. The average Bonchev–Trinajstić information content (AvgIpc) is 3.22. The third-order valence-corrected chi connectivity index (χ3v) is 9.63. The van der Waals surface area contributed by atoms with Gasteiger partial charge in [0.2, 0.25) is 0 Å². The highest BCUT2D eigenvalue weighted by molar-refractivity contribution is 5.71. The van der Waals surface area contributed by atoms with Gasteiger partial charge in [-0.1, -0.05) is 170 Å². The number of esters is 3. The Labute approximate surface area is 356 Å². The van der Waals surface area contributed by atoms with E-state index in [9.17, 15) is 14.4 Å². The molecule has 0 aromatic carbocycles. The number of carbonyl (C=O) groups is 3. The van der Waals surface area contributed by atoms with E-state index in [1.165, 1.54) is 51.4 Å². The van der Waals surface area contributed by atoms with Gasteiger partial charge in [0.15, 0.2) is 6.10 Å². The molecule has 0 aromatic rings. The minimum atomic E-state index is -0.798. The first-order valence-corrected chi connectivity index (χ1v) is 23.6. The molecule has 0 radical (unpaired) electrons. The van der Waals surface area contributed by atoms with E-state index in [-0.39, 0.29) is 31.1 Å². The first-order chi connectivity index (χ1) is 28.5. The van der Waals surface area contributed by atoms with Crippen molar-refractivity contribution in [1.29, 1.82) is 0 Å². The van der Waals surface area contributed by atoms with E-state index in [1.807, 2.05) is 0 Å². The largest absolute Gasteiger partial charge is 0.462 e. The van der Waals surface area contributed by atoms with Crippen molar-refractivity contribution in [1.82, 2.24) is 0 Å². The van der Waals surface area contributed by atoms with Gasteiger partial charge in [-0.2, -0.15) is 0 Å². The lowest BCUT2D eigenvalue weighted by Crippen LogP contribution is -2.30. The molecule has 0 heterocycles. The van der Waals surface area contributed by atoms with Crippen LogP contribution in [0, 0.1) is 0 Å². The van der Waals surface area contributed by atoms with Gasteiger partial charge in [-0.25, -0.2) is 0 Å². The molecule has 0 amide bonds. The standard InChI is InChI=1S/C52H86O6/c1-4-7-10-13-16-19-22-25-27-30-33-36-39-42-45-51(54)57-48-49(47-56-50(53)44-41-38-35-32-29-24-21-18-15-12-9-6-3)58-52(55)46-43-40-37-34-31-28-26-23-20-17-14-11-8-5-2/h7-12,16-21,29,32,49H,4-6,13-15,22-28,30-31,33-48H2,1-3H3/b10-7-,11-8-,12-9-,19-16-,20-17-,21-18-,32-29-. The molecule has 330 valence electrons. The minimum Gasteiger partial charge on any atom is -0.462 e. The Morgan fingerprint density at radius 2 is 0.621 bits per heavy atom. The van der Waals surface area contributed by atoms with Crippen molar-refractivity contribution in [3.05, 3.63) is 85.1 Å². The summed E-state index contributed by atoms with van der Waals surface area (Å²) in [5.74, 6) is -0.960. The van der Waals surface area contributed by atoms with Crippen molar-refractivity contribution in [2.45, 2.75) is 213 Å². The maximum Gasteiger partial charge on any atom is 0.306 e. The normalized spacial score (nSPS) is 12.8. The third-order valence-electron chi connectivity index (χ3n) is 9.63. The maximum absolute atomic E-state index is 12.7.